The molecule has 0 atom stereocenters. The second-order valence-electron chi connectivity index (χ2n) is 5.04. The van der Waals surface area contributed by atoms with E-state index in [0.29, 0.717) is 17.4 Å². The van der Waals surface area contributed by atoms with Crippen LogP contribution in [0.15, 0.2) is 52.5 Å². The minimum atomic E-state index is -0.171. The molecule has 2 nitrogen and oxygen atoms in total. The van der Waals surface area contributed by atoms with Crippen molar-refractivity contribution in [2.75, 3.05) is 6.54 Å². The van der Waals surface area contributed by atoms with Crippen LogP contribution in [0.2, 0.25) is 0 Å². The van der Waals surface area contributed by atoms with E-state index in [4.69, 9.17) is 0 Å². The van der Waals surface area contributed by atoms with Crippen molar-refractivity contribution in [3.63, 3.8) is 0 Å². The maximum atomic E-state index is 14.1. The van der Waals surface area contributed by atoms with Gasteiger partial charge in [0.15, 0.2) is 0 Å². The molecule has 1 heterocycles. The minimum absolute atomic E-state index is 0.171. The summed E-state index contributed by atoms with van der Waals surface area (Å²) in [7, 11) is 0. The van der Waals surface area contributed by atoms with Gasteiger partial charge in [-0.3, -0.25) is 4.98 Å². The SMILES string of the molecule is CC(C)CNCc1cccc(F)c1Sc1ccncc1. The lowest BCUT2D eigenvalue weighted by molar-refractivity contribution is 0.543. The van der Waals surface area contributed by atoms with E-state index in [1.54, 1.807) is 18.5 Å². The number of nitrogens with zero attached hydrogens (tertiary/aromatic N) is 1. The van der Waals surface area contributed by atoms with E-state index in [9.17, 15) is 4.39 Å². The highest BCUT2D eigenvalue weighted by atomic mass is 32.2. The van der Waals surface area contributed by atoms with Crippen molar-refractivity contribution in [3.8, 4) is 0 Å². The molecular formula is C16H19FN2S. The Morgan fingerprint density at radius 1 is 1.20 bits per heavy atom. The largest absolute Gasteiger partial charge is 0.312 e. The van der Waals surface area contributed by atoms with Crippen molar-refractivity contribution >= 4 is 11.8 Å². The lowest BCUT2D eigenvalue weighted by atomic mass is 10.2. The van der Waals surface area contributed by atoms with E-state index >= 15 is 0 Å². The van der Waals surface area contributed by atoms with Gasteiger partial charge in [0.25, 0.3) is 0 Å². The van der Waals surface area contributed by atoms with E-state index in [-0.39, 0.29) is 5.82 Å². The van der Waals surface area contributed by atoms with Crippen molar-refractivity contribution < 1.29 is 4.39 Å². The van der Waals surface area contributed by atoms with Crippen LogP contribution in [-0.4, -0.2) is 11.5 Å². The Kier molecular flexibility index (Phi) is 5.56. The summed E-state index contributed by atoms with van der Waals surface area (Å²) >= 11 is 1.44. The molecule has 1 aromatic carbocycles. The number of hydrogen-bond acceptors (Lipinski definition) is 3. The zero-order chi connectivity index (χ0) is 14.4. The van der Waals surface area contributed by atoms with Crippen LogP contribution in [0.4, 0.5) is 4.39 Å². The van der Waals surface area contributed by atoms with Crippen molar-refractivity contribution in [2.24, 2.45) is 5.92 Å². The third kappa shape index (κ3) is 4.32. The maximum Gasteiger partial charge on any atom is 0.137 e. The molecular weight excluding hydrogens is 271 g/mol. The molecule has 0 bridgehead atoms. The molecule has 0 amide bonds. The molecule has 0 saturated carbocycles. The topological polar surface area (TPSA) is 24.9 Å². The predicted octanol–water partition coefficient (Wildman–Crippen LogP) is 4.12. The van der Waals surface area contributed by atoms with Crippen LogP contribution in [0.3, 0.4) is 0 Å². The fourth-order valence-corrected chi connectivity index (χ4v) is 2.76. The molecule has 2 aromatic rings. The molecule has 0 unspecified atom stereocenters. The van der Waals surface area contributed by atoms with Gasteiger partial charge in [0.1, 0.15) is 5.82 Å². The molecule has 0 aliphatic heterocycles. The first-order valence-electron chi connectivity index (χ1n) is 6.73. The van der Waals surface area contributed by atoms with Crippen LogP contribution < -0.4 is 5.32 Å². The van der Waals surface area contributed by atoms with Crippen LogP contribution >= 0.6 is 11.8 Å². The second-order valence-corrected chi connectivity index (χ2v) is 6.12. The number of pyridine rings is 1. The predicted molar refractivity (Wildman–Crippen MR) is 81.3 cm³/mol. The van der Waals surface area contributed by atoms with Crippen molar-refractivity contribution in [3.05, 3.63) is 54.1 Å². The lowest BCUT2D eigenvalue weighted by Crippen LogP contribution is -2.19. The van der Waals surface area contributed by atoms with Crippen LogP contribution in [0.5, 0.6) is 0 Å². The molecule has 0 fully saturated rings. The second kappa shape index (κ2) is 7.41. The van der Waals surface area contributed by atoms with Crippen LogP contribution in [0, 0.1) is 11.7 Å². The standard InChI is InChI=1S/C16H19FN2S/c1-12(2)10-19-11-13-4-3-5-15(17)16(13)20-14-6-8-18-9-7-14/h3-9,12,19H,10-11H2,1-2H3. The van der Waals surface area contributed by atoms with Crippen LogP contribution in [0.25, 0.3) is 0 Å². The third-order valence-electron chi connectivity index (χ3n) is 2.79. The summed E-state index contributed by atoms with van der Waals surface area (Å²) in [5.74, 6) is 0.413. The van der Waals surface area contributed by atoms with E-state index in [1.165, 1.54) is 17.8 Å². The number of halogens is 1. The van der Waals surface area contributed by atoms with Gasteiger partial charge in [0.05, 0.1) is 4.90 Å². The van der Waals surface area contributed by atoms with Crippen LogP contribution in [-0.2, 0) is 6.54 Å². The van der Waals surface area contributed by atoms with Gasteiger partial charge >= 0.3 is 0 Å². The molecule has 0 radical (unpaired) electrons. The van der Waals surface area contributed by atoms with E-state index < -0.39 is 0 Å². The first-order valence-corrected chi connectivity index (χ1v) is 7.54. The minimum Gasteiger partial charge on any atom is -0.312 e. The van der Waals surface area contributed by atoms with E-state index in [0.717, 1.165) is 17.0 Å². The first kappa shape index (κ1) is 15.0. The third-order valence-corrected chi connectivity index (χ3v) is 3.96. The summed E-state index contributed by atoms with van der Waals surface area (Å²) in [5.41, 5.74) is 0.993. The molecule has 0 spiro atoms. The highest BCUT2D eigenvalue weighted by Crippen LogP contribution is 2.32. The summed E-state index contributed by atoms with van der Waals surface area (Å²) in [6, 6.07) is 9.03. The Bertz CT molecular complexity index is 543. The smallest absolute Gasteiger partial charge is 0.137 e. The summed E-state index contributed by atoms with van der Waals surface area (Å²) < 4.78 is 14.1. The number of nitrogens with one attached hydrogen (secondary N) is 1. The normalized spacial score (nSPS) is 11.0. The average Bonchev–Trinajstić information content (AvgIpc) is 2.43. The number of aromatic nitrogens is 1. The molecule has 20 heavy (non-hydrogen) atoms. The highest BCUT2D eigenvalue weighted by Gasteiger charge is 2.10. The number of rotatable bonds is 6. The molecule has 0 aliphatic rings. The van der Waals surface area contributed by atoms with Crippen molar-refractivity contribution in [1.29, 1.82) is 0 Å². The monoisotopic (exact) mass is 290 g/mol. The van der Waals surface area contributed by atoms with Crippen molar-refractivity contribution in [2.45, 2.75) is 30.2 Å². The Balaban J connectivity index is 2.14. The molecule has 1 N–H and O–H groups in total. The zero-order valence-corrected chi connectivity index (χ0v) is 12.6. The van der Waals surface area contributed by atoms with Gasteiger partial charge in [-0.1, -0.05) is 37.7 Å². The van der Waals surface area contributed by atoms with E-state index in [2.05, 4.69) is 24.1 Å². The van der Waals surface area contributed by atoms with Gasteiger partial charge in [-0.15, -0.1) is 0 Å². The van der Waals surface area contributed by atoms with Gasteiger partial charge < -0.3 is 5.32 Å². The van der Waals surface area contributed by atoms with Gasteiger partial charge in [0, 0.05) is 23.8 Å². The summed E-state index contributed by atoms with van der Waals surface area (Å²) in [6.07, 6.45) is 3.44. The first-order chi connectivity index (χ1) is 9.66. The number of benzene rings is 1. The molecule has 0 aliphatic carbocycles. The van der Waals surface area contributed by atoms with Gasteiger partial charge in [-0.05, 0) is 36.2 Å². The van der Waals surface area contributed by atoms with Gasteiger partial charge in [-0.25, -0.2) is 4.39 Å². The van der Waals surface area contributed by atoms with Crippen molar-refractivity contribution in [1.82, 2.24) is 10.3 Å². The highest BCUT2D eigenvalue weighted by molar-refractivity contribution is 7.99. The molecule has 4 heteroatoms. The summed E-state index contributed by atoms with van der Waals surface area (Å²) in [6.45, 7) is 5.93. The Morgan fingerprint density at radius 2 is 1.95 bits per heavy atom. The quantitative estimate of drug-likeness (QED) is 0.866. The molecule has 1 aromatic heterocycles. The summed E-state index contributed by atoms with van der Waals surface area (Å²) in [5, 5.41) is 3.36. The molecule has 2 rings (SSSR count). The summed E-state index contributed by atoms with van der Waals surface area (Å²) in [4.78, 5) is 5.67. The van der Waals surface area contributed by atoms with E-state index in [1.807, 2.05) is 18.2 Å². The molecule has 0 saturated heterocycles. The van der Waals surface area contributed by atoms with Gasteiger partial charge in [0.2, 0.25) is 0 Å². The fourth-order valence-electron chi connectivity index (χ4n) is 1.83. The van der Waals surface area contributed by atoms with Gasteiger partial charge in [-0.2, -0.15) is 0 Å². The van der Waals surface area contributed by atoms with Crippen LogP contribution in [0.1, 0.15) is 19.4 Å². The zero-order valence-electron chi connectivity index (χ0n) is 11.8. The fraction of sp³-hybridized carbons (Fsp3) is 0.312. The maximum absolute atomic E-state index is 14.1. The number of hydrogen-bond donors (Lipinski definition) is 1. The Labute approximate surface area is 123 Å². The molecule has 106 valence electrons. The average molecular weight is 290 g/mol. The Morgan fingerprint density at radius 3 is 2.65 bits per heavy atom. The Hall–Kier alpha value is -1.39. The lowest BCUT2D eigenvalue weighted by Gasteiger charge is -2.12.